The SMILES string of the molecule is COC(=O)c1c(C)n(C(=O)c2cccs2)c2ccccc12. The number of rotatable bonds is 2. The Morgan fingerprint density at radius 2 is 1.90 bits per heavy atom. The van der Waals surface area contributed by atoms with Gasteiger partial charge in [-0.15, -0.1) is 11.3 Å². The van der Waals surface area contributed by atoms with Gasteiger partial charge in [-0.2, -0.15) is 0 Å². The van der Waals surface area contributed by atoms with Crippen molar-refractivity contribution < 1.29 is 14.3 Å². The monoisotopic (exact) mass is 299 g/mol. The van der Waals surface area contributed by atoms with Crippen LogP contribution in [0.25, 0.3) is 10.9 Å². The summed E-state index contributed by atoms with van der Waals surface area (Å²) in [6.45, 7) is 1.76. The average molecular weight is 299 g/mol. The highest BCUT2D eigenvalue weighted by Gasteiger charge is 2.24. The van der Waals surface area contributed by atoms with Crippen LogP contribution in [0.2, 0.25) is 0 Å². The van der Waals surface area contributed by atoms with Crippen LogP contribution in [-0.4, -0.2) is 23.6 Å². The van der Waals surface area contributed by atoms with Gasteiger partial charge in [-0.05, 0) is 24.4 Å². The number of carbonyl (C=O) groups is 2. The molecule has 4 nitrogen and oxygen atoms in total. The molecular weight excluding hydrogens is 286 g/mol. The molecule has 0 atom stereocenters. The van der Waals surface area contributed by atoms with E-state index in [2.05, 4.69) is 0 Å². The third kappa shape index (κ3) is 2.06. The first-order valence-corrected chi connectivity index (χ1v) is 7.29. The number of methoxy groups -OCH3 is 1. The van der Waals surface area contributed by atoms with Crippen molar-refractivity contribution in [3.63, 3.8) is 0 Å². The molecule has 5 heteroatoms. The number of benzene rings is 1. The lowest BCUT2D eigenvalue weighted by atomic mass is 10.1. The number of thiophene rings is 1. The highest BCUT2D eigenvalue weighted by atomic mass is 32.1. The third-order valence-corrected chi connectivity index (χ3v) is 4.29. The molecule has 0 aliphatic carbocycles. The molecule has 2 aromatic heterocycles. The largest absolute Gasteiger partial charge is 0.465 e. The van der Waals surface area contributed by atoms with Gasteiger partial charge in [0.1, 0.15) is 0 Å². The number of esters is 1. The fraction of sp³-hybridized carbons (Fsp3) is 0.125. The minimum absolute atomic E-state index is 0.131. The Balaban J connectivity index is 2.31. The quantitative estimate of drug-likeness (QED) is 0.681. The second kappa shape index (κ2) is 5.18. The summed E-state index contributed by atoms with van der Waals surface area (Å²) in [6.07, 6.45) is 0. The Morgan fingerprint density at radius 1 is 1.14 bits per heavy atom. The summed E-state index contributed by atoms with van der Waals surface area (Å²) in [5.41, 5.74) is 1.76. The summed E-state index contributed by atoms with van der Waals surface area (Å²) in [5.74, 6) is -0.560. The maximum atomic E-state index is 12.7. The Hall–Kier alpha value is -2.40. The summed E-state index contributed by atoms with van der Waals surface area (Å²) in [7, 11) is 1.34. The maximum Gasteiger partial charge on any atom is 0.340 e. The van der Waals surface area contributed by atoms with Crippen LogP contribution in [0.3, 0.4) is 0 Å². The van der Waals surface area contributed by atoms with Gasteiger partial charge in [-0.1, -0.05) is 24.3 Å². The molecule has 0 aliphatic heterocycles. The number of fused-ring (bicyclic) bond motifs is 1. The fourth-order valence-corrected chi connectivity index (χ4v) is 3.15. The Kier molecular flexibility index (Phi) is 3.35. The van der Waals surface area contributed by atoms with Gasteiger partial charge in [0.25, 0.3) is 5.91 Å². The number of hydrogen-bond acceptors (Lipinski definition) is 4. The van der Waals surface area contributed by atoms with Gasteiger partial charge in [0, 0.05) is 11.1 Å². The lowest BCUT2D eigenvalue weighted by Crippen LogP contribution is -2.13. The molecule has 1 aromatic carbocycles. The first-order chi connectivity index (χ1) is 10.1. The number of hydrogen-bond donors (Lipinski definition) is 0. The van der Waals surface area contributed by atoms with Crippen LogP contribution in [-0.2, 0) is 4.74 Å². The second-order valence-corrected chi connectivity index (χ2v) is 5.53. The predicted molar refractivity (Wildman–Crippen MR) is 82.1 cm³/mol. The molecule has 3 rings (SSSR count). The van der Waals surface area contributed by atoms with E-state index in [0.29, 0.717) is 21.7 Å². The molecule has 3 aromatic rings. The van der Waals surface area contributed by atoms with Crippen molar-refractivity contribution in [1.82, 2.24) is 4.57 Å². The standard InChI is InChI=1S/C16H13NO3S/c1-10-14(16(19)20-2)11-6-3-4-7-12(11)17(10)15(18)13-8-5-9-21-13/h3-9H,1-2H3. The zero-order valence-corrected chi connectivity index (χ0v) is 12.4. The summed E-state index contributed by atoms with van der Waals surface area (Å²) in [5, 5.41) is 2.59. The Bertz CT molecular complexity index is 831. The van der Waals surface area contributed by atoms with Crippen molar-refractivity contribution in [2.24, 2.45) is 0 Å². The summed E-state index contributed by atoms with van der Waals surface area (Å²) in [4.78, 5) is 25.3. The molecule has 0 aliphatic rings. The molecule has 0 unspecified atom stereocenters. The number of para-hydroxylation sites is 1. The van der Waals surface area contributed by atoms with E-state index in [0.717, 1.165) is 5.39 Å². The number of ether oxygens (including phenoxy) is 1. The van der Waals surface area contributed by atoms with Crippen LogP contribution in [0.1, 0.15) is 25.7 Å². The molecule has 0 N–H and O–H groups in total. The van der Waals surface area contributed by atoms with Crippen LogP contribution in [0, 0.1) is 6.92 Å². The van der Waals surface area contributed by atoms with Crippen molar-refractivity contribution >= 4 is 34.1 Å². The average Bonchev–Trinajstić information content (AvgIpc) is 3.11. The van der Waals surface area contributed by atoms with E-state index in [9.17, 15) is 9.59 Å². The number of carbonyl (C=O) groups excluding carboxylic acids is 2. The maximum absolute atomic E-state index is 12.7. The number of aromatic nitrogens is 1. The van der Waals surface area contributed by atoms with Crippen LogP contribution in [0.4, 0.5) is 0 Å². The minimum Gasteiger partial charge on any atom is -0.465 e. The normalized spacial score (nSPS) is 10.8. The topological polar surface area (TPSA) is 48.3 Å². The molecule has 0 spiro atoms. The van der Waals surface area contributed by atoms with E-state index < -0.39 is 5.97 Å². The first kappa shape index (κ1) is 13.6. The first-order valence-electron chi connectivity index (χ1n) is 6.41. The van der Waals surface area contributed by atoms with Crippen molar-refractivity contribution in [1.29, 1.82) is 0 Å². The van der Waals surface area contributed by atoms with Crippen LogP contribution in [0.15, 0.2) is 41.8 Å². The zero-order valence-electron chi connectivity index (χ0n) is 11.6. The Labute approximate surface area is 125 Å². The van der Waals surface area contributed by atoms with Crippen molar-refractivity contribution in [3.8, 4) is 0 Å². The summed E-state index contributed by atoms with van der Waals surface area (Å²) in [6, 6.07) is 11.0. The van der Waals surface area contributed by atoms with E-state index in [1.54, 1.807) is 17.6 Å². The van der Waals surface area contributed by atoms with Crippen molar-refractivity contribution in [2.45, 2.75) is 6.92 Å². The summed E-state index contributed by atoms with van der Waals surface area (Å²) >= 11 is 1.38. The van der Waals surface area contributed by atoms with Crippen LogP contribution < -0.4 is 0 Å². The smallest absolute Gasteiger partial charge is 0.340 e. The van der Waals surface area contributed by atoms with E-state index in [1.807, 2.05) is 35.7 Å². The Morgan fingerprint density at radius 3 is 2.57 bits per heavy atom. The minimum atomic E-state index is -0.429. The molecule has 2 heterocycles. The third-order valence-electron chi connectivity index (χ3n) is 3.44. The van der Waals surface area contributed by atoms with Gasteiger partial charge in [-0.25, -0.2) is 4.79 Å². The lowest BCUT2D eigenvalue weighted by Gasteiger charge is -2.05. The van der Waals surface area contributed by atoms with Crippen molar-refractivity contribution in [2.75, 3.05) is 7.11 Å². The molecule has 0 amide bonds. The molecule has 0 fully saturated rings. The van der Waals surface area contributed by atoms with E-state index in [4.69, 9.17) is 4.74 Å². The van der Waals surface area contributed by atoms with Crippen molar-refractivity contribution in [3.05, 3.63) is 57.9 Å². The van der Waals surface area contributed by atoms with Gasteiger partial charge in [0.2, 0.25) is 0 Å². The molecule has 0 bridgehead atoms. The van der Waals surface area contributed by atoms with Gasteiger partial charge in [0.05, 0.1) is 23.1 Å². The van der Waals surface area contributed by atoms with Crippen LogP contribution in [0.5, 0.6) is 0 Å². The zero-order chi connectivity index (χ0) is 15.0. The molecule has 106 valence electrons. The van der Waals surface area contributed by atoms with Gasteiger partial charge in [-0.3, -0.25) is 9.36 Å². The highest BCUT2D eigenvalue weighted by molar-refractivity contribution is 7.12. The molecule has 0 saturated carbocycles. The molecule has 21 heavy (non-hydrogen) atoms. The number of nitrogens with zero attached hydrogens (tertiary/aromatic N) is 1. The molecule has 0 saturated heterocycles. The molecule has 0 radical (unpaired) electrons. The highest BCUT2D eigenvalue weighted by Crippen LogP contribution is 2.28. The van der Waals surface area contributed by atoms with Gasteiger partial charge in [0.15, 0.2) is 0 Å². The van der Waals surface area contributed by atoms with Gasteiger partial charge >= 0.3 is 5.97 Å². The lowest BCUT2D eigenvalue weighted by molar-refractivity contribution is 0.0602. The van der Waals surface area contributed by atoms with Crippen LogP contribution >= 0.6 is 11.3 Å². The van der Waals surface area contributed by atoms with E-state index in [-0.39, 0.29) is 5.91 Å². The second-order valence-electron chi connectivity index (χ2n) is 4.59. The summed E-state index contributed by atoms with van der Waals surface area (Å²) < 4.78 is 6.42. The van der Waals surface area contributed by atoms with E-state index >= 15 is 0 Å². The molecular formula is C16H13NO3S. The predicted octanol–water partition coefficient (Wildman–Crippen LogP) is 3.49. The fourth-order valence-electron chi connectivity index (χ4n) is 2.50. The van der Waals surface area contributed by atoms with Gasteiger partial charge < -0.3 is 4.74 Å². The van der Waals surface area contributed by atoms with E-state index in [1.165, 1.54) is 18.4 Å².